The molecule has 2 amide bonds. The number of nitrogens with zero attached hydrogens (tertiary/aromatic N) is 2. The summed E-state index contributed by atoms with van der Waals surface area (Å²) in [6, 6.07) is 12.7. The monoisotopic (exact) mass is 514 g/mol. The highest BCUT2D eigenvalue weighted by atomic mass is 19.4. The summed E-state index contributed by atoms with van der Waals surface area (Å²) in [7, 11) is 0. The van der Waals surface area contributed by atoms with E-state index in [1.54, 1.807) is 10.6 Å². The summed E-state index contributed by atoms with van der Waals surface area (Å²) in [6.07, 6.45) is -2.28. The Balaban J connectivity index is 1.56. The Bertz CT molecular complexity index is 1240. The van der Waals surface area contributed by atoms with E-state index in [1.165, 1.54) is 6.07 Å². The number of aromatic nitrogens is 2. The van der Waals surface area contributed by atoms with E-state index in [1.807, 2.05) is 44.2 Å². The highest BCUT2D eigenvalue weighted by Crippen LogP contribution is 2.29. The van der Waals surface area contributed by atoms with Gasteiger partial charge in [-0.1, -0.05) is 50.2 Å². The number of halogens is 3. The number of alkyl halides is 3. The number of carbonyl (C=O) groups is 2. The van der Waals surface area contributed by atoms with Crippen molar-refractivity contribution < 1.29 is 27.5 Å². The summed E-state index contributed by atoms with van der Waals surface area (Å²) in [6.45, 7) is 4.80. The smallest absolute Gasteiger partial charge is 0.373 e. The fraction of sp³-hybridized carbons (Fsp3) is 0.370. The normalized spacial score (nSPS) is 14.9. The second-order valence-corrected chi connectivity index (χ2v) is 8.85. The van der Waals surface area contributed by atoms with Crippen molar-refractivity contribution >= 4 is 11.8 Å². The van der Waals surface area contributed by atoms with Crippen molar-refractivity contribution in [3.05, 3.63) is 88.5 Å². The molecule has 0 spiro atoms. The van der Waals surface area contributed by atoms with E-state index in [-0.39, 0.29) is 18.6 Å². The van der Waals surface area contributed by atoms with Crippen LogP contribution in [0.25, 0.3) is 0 Å². The Morgan fingerprint density at radius 2 is 1.68 bits per heavy atom. The molecule has 3 aromatic rings. The number of carbonyl (C=O) groups excluding carboxylic acids is 2. The van der Waals surface area contributed by atoms with Gasteiger partial charge in [0.15, 0.2) is 0 Å². The van der Waals surface area contributed by atoms with Crippen LogP contribution in [0.4, 0.5) is 13.2 Å². The first-order valence-electron chi connectivity index (χ1n) is 12.2. The van der Waals surface area contributed by atoms with Gasteiger partial charge in [0.1, 0.15) is 11.4 Å². The minimum absolute atomic E-state index is 0.171. The Hall–Kier alpha value is -3.66. The standard InChI is InChI=1S/C27H29F3N4O3/c1-3-20(17-8-6-5-7-9-17)33-26(36)22-14-19(23-16-37-13-12-34(22)23)25(35)32-21(4-2)18-10-11-24(31-15-18)27(28,29)30/h5-11,14-15,20-21H,3-4,12-13,16H2,1-2H3,(H,32,35)(H,33,36)/t20-,21-/m1/s1. The van der Waals surface area contributed by atoms with Crippen molar-refractivity contribution in [3.8, 4) is 0 Å². The predicted molar refractivity (Wildman–Crippen MR) is 131 cm³/mol. The van der Waals surface area contributed by atoms with Crippen LogP contribution in [0, 0.1) is 0 Å². The number of nitrogens with one attached hydrogen (secondary N) is 2. The fourth-order valence-electron chi connectivity index (χ4n) is 4.48. The first-order chi connectivity index (χ1) is 17.7. The molecular weight excluding hydrogens is 485 g/mol. The third-order valence-corrected chi connectivity index (χ3v) is 6.49. The Morgan fingerprint density at radius 3 is 2.30 bits per heavy atom. The average Bonchev–Trinajstić information content (AvgIpc) is 3.30. The van der Waals surface area contributed by atoms with Crippen LogP contribution in [0.15, 0.2) is 54.7 Å². The molecule has 0 radical (unpaired) electrons. The molecule has 0 unspecified atom stereocenters. The lowest BCUT2D eigenvalue weighted by molar-refractivity contribution is -0.141. The molecule has 1 aliphatic rings. The van der Waals surface area contributed by atoms with Gasteiger partial charge >= 0.3 is 6.18 Å². The molecule has 0 saturated carbocycles. The molecule has 2 aromatic heterocycles. The van der Waals surface area contributed by atoms with E-state index in [4.69, 9.17) is 4.74 Å². The second kappa shape index (κ2) is 11.2. The fourth-order valence-corrected chi connectivity index (χ4v) is 4.48. The van der Waals surface area contributed by atoms with Gasteiger partial charge in [0, 0.05) is 12.7 Å². The molecule has 7 nitrogen and oxygen atoms in total. The Morgan fingerprint density at radius 1 is 1.00 bits per heavy atom. The van der Waals surface area contributed by atoms with Gasteiger partial charge in [-0.3, -0.25) is 14.6 Å². The van der Waals surface area contributed by atoms with E-state index >= 15 is 0 Å². The first kappa shape index (κ1) is 26.4. The van der Waals surface area contributed by atoms with Gasteiger partial charge in [-0.15, -0.1) is 0 Å². The first-order valence-corrected chi connectivity index (χ1v) is 12.2. The zero-order chi connectivity index (χ0) is 26.6. The topological polar surface area (TPSA) is 85.2 Å². The minimum Gasteiger partial charge on any atom is -0.373 e. The van der Waals surface area contributed by atoms with Crippen LogP contribution in [-0.2, 0) is 24.1 Å². The lowest BCUT2D eigenvalue weighted by atomic mass is 10.0. The quantitative estimate of drug-likeness (QED) is 0.433. The van der Waals surface area contributed by atoms with E-state index in [2.05, 4.69) is 15.6 Å². The lowest BCUT2D eigenvalue weighted by Crippen LogP contribution is -2.31. The van der Waals surface area contributed by atoms with Crippen LogP contribution in [0.1, 0.15) is 82.1 Å². The number of amides is 2. The zero-order valence-corrected chi connectivity index (χ0v) is 20.6. The summed E-state index contributed by atoms with van der Waals surface area (Å²) < 4.78 is 46.0. The molecule has 1 aliphatic heterocycles. The maximum Gasteiger partial charge on any atom is 0.433 e. The number of benzene rings is 1. The third-order valence-electron chi connectivity index (χ3n) is 6.49. The zero-order valence-electron chi connectivity index (χ0n) is 20.6. The van der Waals surface area contributed by atoms with Gasteiger partial charge < -0.3 is 19.9 Å². The SMILES string of the molecule is CC[C@@H](NC(=O)c1cc(C(=O)N[C@H](CC)c2ccccc2)n2c1COCC2)c1ccc(C(F)(F)F)nc1. The van der Waals surface area contributed by atoms with Crippen LogP contribution in [0.3, 0.4) is 0 Å². The van der Waals surface area contributed by atoms with E-state index < -0.39 is 23.8 Å². The number of ether oxygens (including phenoxy) is 1. The number of rotatable bonds is 8. The van der Waals surface area contributed by atoms with Crippen molar-refractivity contribution in [2.45, 2.75) is 58.1 Å². The minimum atomic E-state index is -4.54. The van der Waals surface area contributed by atoms with Crippen molar-refractivity contribution in [1.82, 2.24) is 20.2 Å². The maximum absolute atomic E-state index is 13.3. The molecule has 3 heterocycles. The molecule has 0 fully saturated rings. The summed E-state index contributed by atoms with van der Waals surface area (Å²) in [4.78, 5) is 30.1. The molecule has 4 rings (SSSR count). The molecule has 1 aromatic carbocycles. The molecular formula is C27H29F3N4O3. The predicted octanol–water partition coefficient (Wildman–Crippen LogP) is 5.19. The van der Waals surface area contributed by atoms with Gasteiger partial charge in [-0.25, -0.2) is 0 Å². The van der Waals surface area contributed by atoms with Crippen molar-refractivity contribution in [2.75, 3.05) is 6.61 Å². The highest BCUT2D eigenvalue weighted by molar-refractivity contribution is 6.01. The van der Waals surface area contributed by atoms with Crippen molar-refractivity contribution in [2.24, 2.45) is 0 Å². The van der Waals surface area contributed by atoms with Crippen molar-refractivity contribution in [3.63, 3.8) is 0 Å². The number of hydrogen-bond donors (Lipinski definition) is 2. The van der Waals surface area contributed by atoms with E-state index in [0.717, 1.165) is 17.8 Å². The second-order valence-electron chi connectivity index (χ2n) is 8.85. The van der Waals surface area contributed by atoms with Crippen LogP contribution in [0.5, 0.6) is 0 Å². The summed E-state index contributed by atoms with van der Waals surface area (Å²) in [5.74, 6) is -0.730. The average molecular weight is 515 g/mol. The van der Waals surface area contributed by atoms with Crippen LogP contribution in [-0.4, -0.2) is 28.0 Å². The molecule has 2 atom stereocenters. The highest BCUT2D eigenvalue weighted by Gasteiger charge is 2.33. The molecule has 37 heavy (non-hydrogen) atoms. The van der Waals surface area contributed by atoms with Gasteiger partial charge in [-0.05, 0) is 36.1 Å². The van der Waals surface area contributed by atoms with E-state index in [0.29, 0.717) is 48.5 Å². The van der Waals surface area contributed by atoms with Gasteiger partial charge in [0.2, 0.25) is 0 Å². The van der Waals surface area contributed by atoms with Crippen molar-refractivity contribution in [1.29, 1.82) is 0 Å². The lowest BCUT2D eigenvalue weighted by Gasteiger charge is -2.22. The molecule has 10 heteroatoms. The number of pyridine rings is 1. The Labute approximate surface area is 213 Å². The van der Waals surface area contributed by atoms with Gasteiger partial charge in [0.25, 0.3) is 11.8 Å². The summed E-state index contributed by atoms with van der Waals surface area (Å²) in [5.41, 5.74) is 1.70. The molecule has 196 valence electrons. The van der Waals surface area contributed by atoms with Crippen LogP contribution in [0.2, 0.25) is 0 Å². The van der Waals surface area contributed by atoms with Gasteiger partial charge in [0.05, 0.1) is 36.6 Å². The largest absolute Gasteiger partial charge is 0.433 e. The number of fused-ring (bicyclic) bond motifs is 1. The van der Waals surface area contributed by atoms with Gasteiger partial charge in [-0.2, -0.15) is 13.2 Å². The maximum atomic E-state index is 13.3. The molecule has 0 aliphatic carbocycles. The summed E-state index contributed by atoms with van der Waals surface area (Å²) in [5, 5.41) is 5.94. The third kappa shape index (κ3) is 5.85. The molecule has 2 N–H and O–H groups in total. The molecule has 0 saturated heterocycles. The summed E-state index contributed by atoms with van der Waals surface area (Å²) >= 11 is 0. The van der Waals surface area contributed by atoms with Crippen LogP contribution < -0.4 is 10.6 Å². The van der Waals surface area contributed by atoms with E-state index in [9.17, 15) is 22.8 Å². The van der Waals surface area contributed by atoms with Crippen LogP contribution >= 0.6 is 0 Å². The number of hydrogen-bond acceptors (Lipinski definition) is 4. The molecule has 0 bridgehead atoms. The Kier molecular flexibility index (Phi) is 7.97.